The van der Waals surface area contributed by atoms with E-state index in [0.717, 1.165) is 19.3 Å². The number of aliphatic hydroxyl groups excluding tert-OH is 1. The van der Waals surface area contributed by atoms with Gasteiger partial charge in [-0.25, -0.2) is 0 Å². The number of carbonyl (C=O) groups excluding carboxylic acids is 1. The molecule has 2 aliphatic carbocycles. The number of aliphatic hydroxyl groups is 1. The summed E-state index contributed by atoms with van der Waals surface area (Å²) in [7, 11) is 0. The van der Waals surface area contributed by atoms with Gasteiger partial charge in [-0.2, -0.15) is 0 Å². The van der Waals surface area contributed by atoms with Crippen molar-refractivity contribution in [3.63, 3.8) is 0 Å². The lowest BCUT2D eigenvalue weighted by Gasteiger charge is -2.36. The predicted molar refractivity (Wildman–Crippen MR) is 70.0 cm³/mol. The predicted octanol–water partition coefficient (Wildman–Crippen LogP) is 2.76. The van der Waals surface area contributed by atoms with Crippen molar-refractivity contribution in [2.24, 2.45) is 23.2 Å². The Morgan fingerprint density at radius 1 is 1.33 bits per heavy atom. The smallest absolute Gasteiger partial charge is 0.309 e. The highest BCUT2D eigenvalue weighted by Crippen LogP contribution is 2.52. The second kappa shape index (κ2) is 4.84. The molecule has 3 nitrogen and oxygen atoms in total. The van der Waals surface area contributed by atoms with Gasteiger partial charge in [0.25, 0.3) is 0 Å². The van der Waals surface area contributed by atoms with Gasteiger partial charge in [0.15, 0.2) is 0 Å². The molecule has 0 amide bonds. The highest BCUT2D eigenvalue weighted by atomic mass is 16.5. The zero-order valence-corrected chi connectivity index (χ0v) is 12.0. The van der Waals surface area contributed by atoms with Gasteiger partial charge in [-0.15, -0.1) is 0 Å². The Bertz CT molecular complexity index is 322. The zero-order valence-electron chi connectivity index (χ0n) is 12.0. The van der Waals surface area contributed by atoms with E-state index in [4.69, 9.17) is 4.74 Å². The second-order valence-electron chi connectivity index (χ2n) is 7.10. The summed E-state index contributed by atoms with van der Waals surface area (Å²) in [5, 5.41) is 9.76. The summed E-state index contributed by atoms with van der Waals surface area (Å²) >= 11 is 0. The molecule has 0 aromatic rings. The van der Waals surface area contributed by atoms with Crippen molar-refractivity contribution in [1.82, 2.24) is 0 Å². The molecule has 2 fully saturated rings. The van der Waals surface area contributed by atoms with Crippen molar-refractivity contribution in [2.75, 3.05) is 0 Å². The minimum Gasteiger partial charge on any atom is -0.462 e. The Balaban J connectivity index is 1.94. The molecule has 0 saturated heterocycles. The Hall–Kier alpha value is -0.570. The molecule has 104 valence electrons. The van der Waals surface area contributed by atoms with Crippen molar-refractivity contribution in [3.8, 4) is 0 Å². The van der Waals surface area contributed by atoms with Crippen LogP contribution in [0, 0.1) is 23.2 Å². The Kier molecular flexibility index (Phi) is 3.72. The lowest BCUT2D eigenvalue weighted by atomic mass is 9.78. The van der Waals surface area contributed by atoms with Gasteiger partial charge in [-0.3, -0.25) is 4.79 Å². The average molecular weight is 254 g/mol. The van der Waals surface area contributed by atoms with Crippen molar-refractivity contribution >= 4 is 5.97 Å². The topological polar surface area (TPSA) is 46.5 Å². The Morgan fingerprint density at radius 3 is 2.44 bits per heavy atom. The number of rotatable bonds is 3. The summed E-state index contributed by atoms with van der Waals surface area (Å²) in [5.41, 5.74) is 0.123. The van der Waals surface area contributed by atoms with Crippen LogP contribution in [0.2, 0.25) is 0 Å². The zero-order chi connectivity index (χ0) is 13.5. The third-order valence-electron chi connectivity index (χ3n) is 4.74. The monoisotopic (exact) mass is 254 g/mol. The van der Waals surface area contributed by atoms with Crippen LogP contribution in [0.5, 0.6) is 0 Å². The number of carbonyl (C=O) groups is 1. The summed E-state index contributed by atoms with van der Waals surface area (Å²) in [5.74, 6) is 0.927. The van der Waals surface area contributed by atoms with Gasteiger partial charge < -0.3 is 9.84 Å². The van der Waals surface area contributed by atoms with Crippen LogP contribution in [0.4, 0.5) is 0 Å². The second-order valence-corrected chi connectivity index (χ2v) is 7.10. The van der Waals surface area contributed by atoms with Gasteiger partial charge >= 0.3 is 5.97 Å². The van der Waals surface area contributed by atoms with Gasteiger partial charge in [0.2, 0.25) is 0 Å². The SMILES string of the molecule is CC(C)[C@@H]1CC[C@@H](O)C[C@H]1OC(=O)[C@@H]1CC1(C)C. The van der Waals surface area contributed by atoms with Gasteiger partial charge in [-0.05, 0) is 36.5 Å². The van der Waals surface area contributed by atoms with Gasteiger partial charge in [0, 0.05) is 6.42 Å². The van der Waals surface area contributed by atoms with Crippen LogP contribution in [-0.4, -0.2) is 23.3 Å². The fourth-order valence-electron chi connectivity index (χ4n) is 3.13. The first kappa shape index (κ1) is 13.9. The summed E-state index contributed by atoms with van der Waals surface area (Å²) in [6, 6.07) is 0. The molecule has 3 heteroatoms. The normalized spacial score (nSPS) is 38.6. The van der Waals surface area contributed by atoms with E-state index >= 15 is 0 Å². The Labute approximate surface area is 110 Å². The maximum atomic E-state index is 12.1. The summed E-state index contributed by atoms with van der Waals surface area (Å²) in [6.45, 7) is 8.55. The summed E-state index contributed by atoms with van der Waals surface area (Å²) in [6.07, 6.45) is 2.97. The number of ether oxygens (including phenoxy) is 1. The van der Waals surface area contributed by atoms with E-state index in [9.17, 15) is 9.90 Å². The first-order valence-electron chi connectivity index (χ1n) is 7.20. The molecular weight excluding hydrogens is 228 g/mol. The number of hydrogen-bond acceptors (Lipinski definition) is 3. The molecule has 1 N–H and O–H groups in total. The minimum absolute atomic E-state index is 0.0512. The quantitative estimate of drug-likeness (QED) is 0.788. The first-order valence-corrected chi connectivity index (χ1v) is 7.20. The number of hydrogen-bond donors (Lipinski definition) is 1. The third kappa shape index (κ3) is 2.87. The fraction of sp³-hybridized carbons (Fsp3) is 0.933. The molecule has 0 spiro atoms. The standard InChI is InChI=1S/C15H26O3/c1-9(2)11-6-5-10(16)7-13(11)18-14(17)12-8-15(12,3)4/h9-13,16H,5-8H2,1-4H3/t10-,11+,12+,13-/m1/s1. The molecule has 0 aliphatic heterocycles. The van der Waals surface area contributed by atoms with E-state index in [-0.39, 0.29) is 29.5 Å². The van der Waals surface area contributed by atoms with Crippen LogP contribution < -0.4 is 0 Å². The van der Waals surface area contributed by atoms with Crippen LogP contribution in [0.25, 0.3) is 0 Å². The van der Waals surface area contributed by atoms with Crippen LogP contribution in [0.15, 0.2) is 0 Å². The Morgan fingerprint density at radius 2 is 1.94 bits per heavy atom. The van der Waals surface area contributed by atoms with E-state index in [1.807, 2.05) is 0 Å². The maximum absolute atomic E-state index is 12.1. The maximum Gasteiger partial charge on any atom is 0.309 e. The van der Waals surface area contributed by atoms with E-state index in [0.29, 0.717) is 18.3 Å². The van der Waals surface area contributed by atoms with Crippen LogP contribution >= 0.6 is 0 Å². The largest absolute Gasteiger partial charge is 0.462 e. The van der Waals surface area contributed by atoms with Crippen LogP contribution in [0.3, 0.4) is 0 Å². The van der Waals surface area contributed by atoms with Gasteiger partial charge in [0.05, 0.1) is 12.0 Å². The molecule has 2 rings (SSSR count). The summed E-state index contributed by atoms with van der Waals surface area (Å²) < 4.78 is 5.70. The van der Waals surface area contributed by atoms with E-state index in [1.54, 1.807) is 0 Å². The molecule has 0 unspecified atom stereocenters. The molecule has 0 radical (unpaired) electrons. The molecule has 18 heavy (non-hydrogen) atoms. The molecule has 0 aromatic heterocycles. The van der Waals surface area contributed by atoms with Crippen molar-refractivity contribution in [3.05, 3.63) is 0 Å². The van der Waals surface area contributed by atoms with Crippen molar-refractivity contribution in [1.29, 1.82) is 0 Å². The molecule has 0 aromatic carbocycles. The molecule has 4 atom stereocenters. The molecule has 2 saturated carbocycles. The third-order valence-corrected chi connectivity index (χ3v) is 4.74. The summed E-state index contributed by atoms with van der Waals surface area (Å²) in [4.78, 5) is 12.1. The molecular formula is C15H26O3. The van der Waals surface area contributed by atoms with Crippen molar-refractivity contribution < 1.29 is 14.6 Å². The molecule has 0 bridgehead atoms. The number of esters is 1. The van der Waals surface area contributed by atoms with Gasteiger partial charge in [-0.1, -0.05) is 27.7 Å². The highest BCUT2D eigenvalue weighted by Gasteiger charge is 2.52. The van der Waals surface area contributed by atoms with Crippen molar-refractivity contribution in [2.45, 2.75) is 65.6 Å². The average Bonchev–Trinajstić information content (AvgIpc) is 2.87. The molecule has 2 aliphatic rings. The lowest BCUT2D eigenvalue weighted by Crippen LogP contribution is -2.38. The first-order chi connectivity index (χ1) is 8.31. The van der Waals surface area contributed by atoms with E-state index in [1.165, 1.54) is 0 Å². The van der Waals surface area contributed by atoms with Crippen LogP contribution in [0.1, 0.15) is 53.4 Å². The van der Waals surface area contributed by atoms with Gasteiger partial charge in [0.1, 0.15) is 6.10 Å². The molecule has 0 heterocycles. The minimum atomic E-state index is -0.301. The van der Waals surface area contributed by atoms with E-state index in [2.05, 4.69) is 27.7 Å². The van der Waals surface area contributed by atoms with Crippen LogP contribution in [-0.2, 0) is 9.53 Å². The fourth-order valence-corrected chi connectivity index (χ4v) is 3.13. The highest BCUT2D eigenvalue weighted by molar-refractivity contribution is 5.76. The van der Waals surface area contributed by atoms with E-state index < -0.39 is 0 Å². The lowest BCUT2D eigenvalue weighted by molar-refractivity contribution is -0.160.